The van der Waals surface area contributed by atoms with Gasteiger partial charge in [-0.25, -0.2) is 4.79 Å². The molecule has 0 aliphatic heterocycles. The van der Waals surface area contributed by atoms with E-state index in [4.69, 9.17) is 21.1 Å². The third kappa shape index (κ3) is 3.46. The summed E-state index contributed by atoms with van der Waals surface area (Å²) in [5, 5.41) is 9.61. The minimum absolute atomic E-state index is 0.108. The lowest BCUT2D eigenvalue weighted by atomic mass is 9.83. The van der Waals surface area contributed by atoms with Crippen molar-refractivity contribution in [3.8, 4) is 0 Å². The number of carboxylic acid groups (broad SMARTS) is 1. The summed E-state index contributed by atoms with van der Waals surface area (Å²) in [6.45, 7) is 5.38. The Morgan fingerprint density at radius 2 is 1.92 bits per heavy atom. The second-order valence-electron chi connectivity index (χ2n) is 6.25. The Morgan fingerprint density at radius 1 is 1.29 bits per heavy atom. The fourth-order valence-corrected chi connectivity index (χ4v) is 3.07. The van der Waals surface area contributed by atoms with Gasteiger partial charge < -0.3 is 14.4 Å². The molecule has 2 rings (SSSR count). The second kappa shape index (κ2) is 6.69. The predicted molar refractivity (Wildman–Crippen MR) is 91.4 cm³/mol. The smallest absolute Gasteiger partial charge is 0.339 e. The molecule has 0 atom stereocenters. The number of likely N-dealkylation sites (N-methyl/N-ethyl adjacent to an activating group) is 1. The number of carbonyl (C=O) groups is 2. The van der Waals surface area contributed by atoms with Crippen LogP contribution in [-0.4, -0.2) is 28.9 Å². The van der Waals surface area contributed by atoms with Gasteiger partial charge in [-0.2, -0.15) is 0 Å². The van der Waals surface area contributed by atoms with Crippen molar-refractivity contribution in [2.75, 3.05) is 7.05 Å². The quantitative estimate of drug-likeness (QED) is 0.889. The minimum atomic E-state index is -1.05. The summed E-state index contributed by atoms with van der Waals surface area (Å²) >= 11 is 6.22. The van der Waals surface area contributed by atoms with Crippen molar-refractivity contribution in [3.63, 3.8) is 0 Å². The summed E-state index contributed by atoms with van der Waals surface area (Å²) < 4.78 is 5.44. The van der Waals surface area contributed by atoms with Gasteiger partial charge in [0.2, 0.25) is 5.91 Å². The van der Waals surface area contributed by atoms with E-state index in [9.17, 15) is 9.59 Å². The summed E-state index contributed by atoms with van der Waals surface area (Å²) in [5.41, 5.74) is 0.0336. The molecule has 1 aromatic carbocycles. The van der Waals surface area contributed by atoms with E-state index in [0.717, 1.165) is 5.56 Å². The fourth-order valence-electron chi connectivity index (χ4n) is 2.70. The molecule has 0 saturated carbocycles. The van der Waals surface area contributed by atoms with Crippen LogP contribution in [0.1, 0.15) is 41.3 Å². The number of hydrogen-bond acceptors (Lipinski definition) is 3. The van der Waals surface area contributed by atoms with E-state index in [1.807, 2.05) is 32.0 Å². The number of carbonyl (C=O) groups excluding carboxylic acids is 1. The molecule has 0 aliphatic carbocycles. The van der Waals surface area contributed by atoms with Crippen LogP contribution in [0.5, 0.6) is 0 Å². The standard InChI is InChI=1S/C18H20ClNO4/c1-11-13(16(21)22)9-12(24-11)10-20(4)17(23)18(2,3)14-7-5-6-8-15(14)19/h5-9H,10H2,1-4H3,(H,21,22). The number of benzene rings is 1. The number of hydrogen-bond donors (Lipinski definition) is 1. The summed E-state index contributed by atoms with van der Waals surface area (Å²) in [4.78, 5) is 25.4. The van der Waals surface area contributed by atoms with Crippen LogP contribution in [0, 0.1) is 6.92 Å². The van der Waals surface area contributed by atoms with Crippen LogP contribution in [0.4, 0.5) is 0 Å². The first-order valence-corrected chi connectivity index (χ1v) is 7.85. The number of nitrogens with zero attached hydrogens (tertiary/aromatic N) is 1. The van der Waals surface area contributed by atoms with Crippen LogP contribution in [0.3, 0.4) is 0 Å². The molecule has 24 heavy (non-hydrogen) atoms. The Morgan fingerprint density at radius 3 is 2.46 bits per heavy atom. The largest absolute Gasteiger partial charge is 0.478 e. The maximum absolute atomic E-state index is 12.9. The van der Waals surface area contributed by atoms with Gasteiger partial charge >= 0.3 is 5.97 Å². The first-order valence-electron chi connectivity index (χ1n) is 7.47. The molecule has 128 valence electrons. The maximum atomic E-state index is 12.9. The summed E-state index contributed by atoms with van der Waals surface area (Å²) in [6.07, 6.45) is 0. The van der Waals surface area contributed by atoms with Crippen LogP contribution in [0.2, 0.25) is 5.02 Å². The molecular weight excluding hydrogens is 330 g/mol. The molecule has 0 radical (unpaired) electrons. The van der Waals surface area contributed by atoms with Crippen molar-refractivity contribution in [1.82, 2.24) is 4.90 Å². The highest BCUT2D eigenvalue weighted by Gasteiger charge is 2.34. The molecule has 0 fully saturated rings. The molecule has 0 spiro atoms. The van der Waals surface area contributed by atoms with Crippen molar-refractivity contribution in [2.45, 2.75) is 32.7 Å². The topological polar surface area (TPSA) is 70.8 Å². The number of furan rings is 1. The fraction of sp³-hybridized carbons (Fsp3) is 0.333. The third-order valence-electron chi connectivity index (χ3n) is 4.02. The monoisotopic (exact) mass is 349 g/mol. The van der Waals surface area contributed by atoms with Crippen LogP contribution in [0.15, 0.2) is 34.7 Å². The normalized spacial score (nSPS) is 11.4. The van der Waals surface area contributed by atoms with Crippen molar-refractivity contribution < 1.29 is 19.1 Å². The summed E-state index contributed by atoms with van der Waals surface area (Å²) in [5.74, 6) is -0.436. The number of rotatable bonds is 5. The zero-order valence-corrected chi connectivity index (χ0v) is 14.8. The van der Waals surface area contributed by atoms with E-state index in [0.29, 0.717) is 16.5 Å². The van der Waals surface area contributed by atoms with Crippen LogP contribution >= 0.6 is 11.6 Å². The van der Waals surface area contributed by atoms with Gasteiger partial charge in [0.15, 0.2) is 0 Å². The van der Waals surface area contributed by atoms with E-state index in [-0.39, 0.29) is 18.0 Å². The molecule has 0 aliphatic rings. The zero-order valence-electron chi connectivity index (χ0n) is 14.1. The third-order valence-corrected chi connectivity index (χ3v) is 4.35. The number of carboxylic acids is 1. The number of halogens is 1. The SMILES string of the molecule is Cc1oc(CN(C)C(=O)C(C)(C)c2ccccc2Cl)cc1C(=O)O. The van der Waals surface area contributed by atoms with Gasteiger partial charge in [-0.1, -0.05) is 29.8 Å². The van der Waals surface area contributed by atoms with Crippen molar-refractivity contribution in [1.29, 1.82) is 0 Å². The molecule has 6 heteroatoms. The zero-order chi connectivity index (χ0) is 18.1. The first-order chi connectivity index (χ1) is 11.1. The van der Waals surface area contributed by atoms with Gasteiger partial charge in [0.1, 0.15) is 17.1 Å². The number of aryl methyl sites for hydroxylation is 1. The van der Waals surface area contributed by atoms with E-state index >= 15 is 0 Å². The first kappa shape index (κ1) is 18.1. The molecule has 5 nitrogen and oxygen atoms in total. The van der Waals surface area contributed by atoms with Crippen molar-refractivity contribution in [3.05, 3.63) is 58.0 Å². The average Bonchev–Trinajstić information content (AvgIpc) is 2.87. The molecule has 0 unspecified atom stereocenters. The van der Waals surface area contributed by atoms with Crippen molar-refractivity contribution in [2.24, 2.45) is 0 Å². The lowest BCUT2D eigenvalue weighted by molar-refractivity contribution is -0.135. The minimum Gasteiger partial charge on any atom is -0.478 e. The predicted octanol–water partition coefficient (Wildman–Crippen LogP) is 3.88. The van der Waals surface area contributed by atoms with Gasteiger partial charge in [0.05, 0.1) is 12.0 Å². The molecule has 0 saturated heterocycles. The van der Waals surface area contributed by atoms with Gasteiger partial charge in [0, 0.05) is 12.1 Å². The Kier molecular flexibility index (Phi) is 5.04. The average molecular weight is 350 g/mol. The lowest BCUT2D eigenvalue weighted by Crippen LogP contribution is -2.41. The molecule has 2 aromatic rings. The molecule has 1 aromatic heterocycles. The highest BCUT2D eigenvalue weighted by Crippen LogP contribution is 2.31. The van der Waals surface area contributed by atoms with Crippen LogP contribution in [0.25, 0.3) is 0 Å². The van der Waals surface area contributed by atoms with Gasteiger partial charge in [-0.15, -0.1) is 0 Å². The van der Waals surface area contributed by atoms with E-state index in [1.165, 1.54) is 11.0 Å². The van der Waals surface area contributed by atoms with Gasteiger partial charge in [0.25, 0.3) is 0 Å². The van der Waals surface area contributed by atoms with E-state index in [2.05, 4.69) is 0 Å². The Hall–Kier alpha value is -2.27. The maximum Gasteiger partial charge on any atom is 0.339 e. The summed E-state index contributed by atoms with van der Waals surface area (Å²) in [7, 11) is 1.65. The van der Waals surface area contributed by atoms with Gasteiger partial charge in [-0.3, -0.25) is 4.79 Å². The Labute approximate surface area is 145 Å². The number of amides is 1. The summed E-state index contributed by atoms with van der Waals surface area (Å²) in [6, 6.07) is 8.68. The Balaban J connectivity index is 2.21. The van der Waals surface area contributed by atoms with Crippen molar-refractivity contribution >= 4 is 23.5 Å². The lowest BCUT2D eigenvalue weighted by Gasteiger charge is -2.30. The van der Waals surface area contributed by atoms with Crippen LogP contribution in [-0.2, 0) is 16.8 Å². The highest BCUT2D eigenvalue weighted by molar-refractivity contribution is 6.31. The second-order valence-corrected chi connectivity index (χ2v) is 6.66. The Bertz CT molecular complexity index is 779. The van der Waals surface area contributed by atoms with E-state index in [1.54, 1.807) is 20.0 Å². The molecule has 1 amide bonds. The number of aromatic carboxylic acids is 1. The molecular formula is C18H20ClNO4. The highest BCUT2D eigenvalue weighted by atomic mass is 35.5. The van der Waals surface area contributed by atoms with E-state index < -0.39 is 11.4 Å². The van der Waals surface area contributed by atoms with Crippen LogP contribution < -0.4 is 0 Å². The molecule has 0 bridgehead atoms. The molecule has 1 N–H and O–H groups in total. The van der Waals surface area contributed by atoms with Gasteiger partial charge in [-0.05, 0) is 38.5 Å². The molecule has 1 heterocycles.